The second-order valence-corrected chi connectivity index (χ2v) is 4.22. The van der Waals surface area contributed by atoms with Crippen LogP contribution in [0, 0.1) is 0 Å². The van der Waals surface area contributed by atoms with Crippen LogP contribution in [0.15, 0.2) is 0 Å². The fourth-order valence-electron chi connectivity index (χ4n) is 0.747. The van der Waals surface area contributed by atoms with Gasteiger partial charge in [0.1, 0.15) is 0 Å². The zero-order valence-corrected chi connectivity index (χ0v) is 9.37. The van der Waals surface area contributed by atoms with Gasteiger partial charge in [-0.05, 0) is 45.2 Å². The standard InChI is InChI=1S/C8H16O2S2/c1-6(9)4-5-7(2)10-8(11)12-3/h6-7,9H,4-5H2,1-3H3. The maximum atomic E-state index is 9.00. The van der Waals surface area contributed by atoms with Gasteiger partial charge in [-0.25, -0.2) is 0 Å². The molecule has 12 heavy (non-hydrogen) atoms. The highest BCUT2D eigenvalue weighted by Gasteiger charge is 2.06. The van der Waals surface area contributed by atoms with E-state index < -0.39 is 0 Å². The average molecular weight is 208 g/mol. The summed E-state index contributed by atoms with van der Waals surface area (Å²) in [5.41, 5.74) is 0. The minimum Gasteiger partial charge on any atom is -0.476 e. The summed E-state index contributed by atoms with van der Waals surface area (Å²) >= 11 is 6.32. The van der Waals surface area contributed by atoms with Gasteiger partial charge in [0, 0.05) is 0 Å². The molecule has 0 heterocycles. The molecule has 4 heteroatoms. The summed E-state index contributed by atoms with van der Waals surface area (Å²) in [6, 6.07) is 0. The Morgan fingerprint density at radius 1 is 1.50 bits per heavy atom. The molecule has 0 aromatic heterocycles. The molecule has 0 bridgehead atoms. The lowest BCUT2D eigenvalue weighted by molar-refractivity contribution is 0.144. The van der Waals surface area contributed by atoms with Crippen molar-refractivity contribution < 1.29 is 9.84 Å². The van der Waals surface area contributed by atoms with Gasteiger partial charge in [0.2, 0.25) is 4.38 Å². The molecule has 0 aliphatic carbocycles. The molecular formula is C8H16O2S2. The molecule has 0 fully saturated rings. The van der Waals surface area contributed by atoms with E-state index in [2.05, 4.69) is 0 Å². The van der Waals surface area contributed by atoms with Crippen LogP contribution in [0.4, 0.5) is 0 Å². The molecule has 0 rings (SSSR count). The number of thioether (sulfide) groups is 1. The van der Waals surface area contributed by atoms with E-state index in [0.717, 1.165) is 12.8 Å². The zero-order valence-electron chi connectivity index (χ0n) is 7.74. The number of aliphatic hydroxyl groups excluding tert-OH is 1. The minimum atomic E-state index is -0.251. The second-order valence-electron chi connectivity index (χ2n) is 2.81. The van der Waals surface area contributed by atoms with E-state index in [1.165, 1.54) is 11.8 Å². The Labute approximate surface area is 83.7 Å². The van der Waals surface area contributed by atoms with E-state index in [0.29, 0.717) is 4.38 Å². The van der Waals surface area contributed by atoms with Crippen molar-refractivity contribution in [3.05, 3.63) is 0 Å². The van der Waals surface area contributed by atoms with Gasteiger partial charge in [-0.2, -0.15) is 0 Å². The van der Waals surface area contributed by atoms with Gasteiger partial charge >= 0.3 is 0 Å². The van der Waals surface area contributed by atoms with Gasteiger partial charge in [0.05, 0.1) is 12.2 Å². The largest absolute Gasteiger partial charge is 0.476 e. The molecule has 0 spiro atoms. The number of rotatable bonds is 4. The van der Waals surface area contributed by atoms with E-state index in [-0.39, 0.29) is 12.2 Å². The van der Waals surface area contributed by atoms with Crippen LogP contribution >= 0.6 is 24.0 Å². The second kappa shape index (κ2) is 6.69. The summed E-state index contributed by atoms with van der Waals surface area (Å²) < 4.78 is 5.91. The lowest BCUT2D eigenvalue weighted by atomic mass is 10.1. The monoisotopic (exact) mass is 208 g/mol. The first-order chi connectivity index (χ1) is 5.56. The maximum Gasteiger partial charge on any atom is 0.219 e. The summed E-state index contributed by atoms with van der Waals surface area (Å²) in [4.78, 5) is 0. The van der Waals surface area contributed by atoms with Crippen molar-refractivity contribution in [2.24, 2.45) is 0 Å². The van der Waals surface area contributed by atoms with Crippen LogP contribution in [0.2, 0.25) is 0 Å². The van der Waals surface area contributed by atoms with Crippen molar-refractivity contribution in [3.63, 3.8) is 0 Å². The van der Waals surface area contributed by atoms with Gasteiger partial charge in [0.25, 0.3) is 0 Å². The third-order valence-electron chi connectivity index (χ3n) is 1.46. The highest BCUT2D eigenvalue weighted by Crippen LogP contribution is 2.09. The van der Waals surface area contributed by atoms with E-state index in [1.54, 1.807) is 6.92 Å². The summed E-state index contributed by atoms with van der Waals surface area (Å²) in [5, 5.41) is 9.00. The molecule has 0 saturated heterocycles. The van der Waals surface area contributed by atoms with Crippen LogP contribution in [-0.2, 0) is 4.74 Å². The van der Waals surface area contributed by atoms with Crippen molar-refractivity contribution >= 4 is 28.4 Å². The SMILES string of the molecule is CSC(=S)OC(C)CCC(C)O. The highest BCUT2D eigenvalue weighted by atomic mass is 32.2. The Bertz CT molecular complexity index is 137. The number of ether oxygens (including phenoxy) is 1. The predicted octanol–water partition coefficient (Wildman–Crippen LogP) is 2.20. The third-order valence-corrected chi connectivity index (χ3v) is 2.48. The third kappa shape index (κ3) is 6.88. The fraction of sp³-hybridized carbons (Fsp3) is 0.875. The lowest BCUT2D eigenvalue weighted by Crippen LogP contribution is -2.13. The van der Waals surface area contributed by atoms with E-state index in [4.69, 9.17) is 22.1 Å². The number of aliphatic hydroxyl groups is 1. The lowest BCUT2D eigenvalue weighted by Gasteiger charge is -2.14. The number of hydrogen-bond acceptors (Lipinski definition) is 4. The van der Waals surface area contributed by atoms with Crippen LogP contribution in [0.1, 0.15) is 26.7 Å². The Kier molecular flexibility index (Phi) is 6.80. The van der Waals surface area contributed by atoms with Crippen molar-refractivity contribution in [2.45, 2.75) is 38.9 Å². The topological polar surface area (TPSA) is 29.5 Å². The smallest absolute Gasteiger partial charge is 0.219 e. The Morgan fingerprint density at radius 3 is 2.50 bits per heavy atom. The molecule has 0 aliphatic heterocycles. The summed E-state index contributed by atoms with van der Waals surface area (Å²) in [5.74, 6) is 0. The van der Waals surface area contributed by atoms with Crippen LogP contribution in [-0.4, -0.2) is 28.0 Å². The molecule has 0 amide bonds. The van der Waals surface area contributed by atoms with Gasteiger partial charge in [0.15, 0.2) is 0 Å². The zero-order chi connectivity index (χ0) is 9.56. The number of thiocarbonyl (C=S) groups is 1. The molecule has 0 saturated carbocycles. The van der Waals surface area contributed by atoms with Crippen molar-refractivity contribution in [1.82, 2.24) is 0 Å². The molecule has 0 aromatic rings. The molecule has 0 aromatic carbocycles. The normalized spacial score (nSPS) is 15.3. The Hall–Kier alpha value is 0.200. The van der Waals surface area contributed by atoms with Crippen LogP contribution < -0.4 is 0 Å². The summed E-state index contributed by atoms with van der Waals surface area (Å²) in [6.45, 7) is 3.74. The Balaban J connectivity index is 3.45. The average Bonchev–Trinajstić information content (AvgIpc) is 2.00. The molecule has 72 valence electrons. The van der Waals surface area contributed by atoms with Gasteiger partial charge < -0.3 is 9.84 Å². The quantitative estimate of drug-likeness (QED) is 0.717. The Morgan fingerprint density at radius 2 is 2.08 bits per heavy atom. The van der Waals surface area contributed by atoms with Crippen LogP contribution in [0.5, 0.6) is 0 Å². The molecule has 0 aliphatic rings. The molecule has 2 unspecified atom stereocenters. The minimum absolute atomic E-state index is 0.111. The summed E-state index contributed by atoms with van der Waals surface area (Å²) in [7, 11) is 0. The first-order valence-electron chi connectivity index (χ1n) is 3.99. The highest BCUT2D eigenvalue weighted by molar-refractivity contribution is 8.22. The maximum absolute atomic E-state index is 9.00. The van der Waals surface area contributed by atoms with Gasteiger partial charge in [-0.1, -0.05) is 11.8 Å². The first-order valence-corrected chi connectivity index (χ1v) is 5.62. The van der Waals surface area contributed by atoms with Crippen molar-refractivity contribution in [1.29, 1.82) is 0 Å². The molecule has 2 nitrogen and oxygen atoms in total. The first kappa shape index (κ1) is 12.2. The van der Waals surface area contributed by atoms with Crippen LogP contribution in [0.25, 0.3) is 0 Å². The predicted molar refractivity (Wildman–Crippen MR) is 57.6 cm³/mol. The molecule has 1 N–H and O–H groups in total. The molecule has 2 atom stereocenters. The van der Waals surface area contributed by atoms with Crippen molar-refractivity contribution in [2.75, 3.05) is 6.26 Å². The van der Waals surface area contributed by atoms with Gasteiger partial charge in [-0.3, -0.25) is 0 Å². The van der Waals surface area contributed by atoms with Crippen LogP contribution in [0.3, 0.4) is 0 Å². The van der Waals surface area contributed by atoms with Crippen molar-refractivity contribution in [3.8, 4) is 0 Å². The van der Waals surface area contributed by atoms with E-state index >= 15 is 0 Å². The fourth-order valence-corrected chi connectivity index (χ4v) is 1.17. The van der Waals surface area contributed by atoms with E-state index in [9.17, 15) is 0 Å². The number of hydrogen-bond donors (Lipinski definition) is 1. The van der Waals surface area contributed by atoms with E-state index in [1.807, 2.05) is 13.2 Å². The van der Waals surface area contributed by atoms with Gasteiger partial charge in [-0.15, -0.1) is 0 Å². The summed E-state index contributed by atoms with van der Waals surface area (Å²) in [6.07, 6.45) is 3.36. The molecule has 0 radical (unpaired) electrons. The molecular weight excluding hydrogens is 192 g/mol.